The van der Waals surface area contributed by atoms with Gasteiger partial charge in [0.15, 0.2) is 0 Å². The third kappa shape index (κ3) is 3.42. The van der Waals surface area contributed by atoms with Crippen LogP contribution in [0.3, 0.4) is 0 Å². The molecule has 0 N–H and O–H groups in total. The molecule has 0 aromatic heterocycles. The highest BCUT2D eigenvalue weighted by Crippen LogP contribution is 2.50. The molecule has 120 valence electrons. The first-order chi connectivity index (χ1) is 11.1. The van der Waals surface area contributed by atoms with Gasteiger partial charge in [0.05, 0.1) is 12.0 Å². The van der Waals surface area contributed by atoms with Crippen LogP contribution in [0, 0.1) is 0 Å². The predicted octanol–water partition coefficient (Wildman–Crippen LogP) is 5.20. The van der Waals surface area contributed by atoms with Gasteiger partial charge in [-0.15, -0.1) is 0 Å². The monoisotopic (exact) mass is 345 g/mol. The number of rotatable bonds is 4. The largest absolute Gasteiger partial charge is 0.495 e. The first kappa shape index (κ1) is 16.4. The number of nitrogens with zero attached hydrogens (tertiary/aromatic N) is 1. The van der Waals surface area contributed by atoms with Crippen molar-refractivity contribution in [3.63, 3.8) is 0 Å². The topological polar surface area (TPSA) is 12.5 Å². The van der Waals surface area contributed by atoms with Gasteiger partial charge in [-0.2, -0.15) is 0 Å². The number of hydrogen-bond donors (Lipinski definition) is 0. The summed E-state index contributed by atoms with van der Waals surface area (Å²) >= 11 is 8.06. The van der Waals surface area contributed by atoms with E-state index in [1.54, 1.807) is 18.9 Å². The predicted molar refractivity (Wildman–Crippen MR) is 98.8 cm³/mol. The Hall–Kier alpha value is -1.42. The van der Waals surface area contributed by atoms with E-state index < -0.39 is 0 Å². The molecule has 1 heterocycles. The molecular formula is C19H20ClNOS. The molecule has 2 aromatic rings. The summed E-state index contributed by atoms with van der Waals surface area (Å²) in [6.45, 7) is 1.02. The van der Waals surface area contributed by atoms with Gasteiger partial charge in [-0.3, -0.25) is 0 Å². The summed E-state index contributed by atoms with van der Waals surface area (Å²) in [5, 5.41) is 0.707. The molecule has 0 radical (unpaired) electrons. The lowest BCUT2D eigenvalue weighted by Crippen LogP contribution is -2.12. The summed E-state index contributed by atoms with van der Waals surface area (Å²) < 4.78 is 5.56. The van der Waals surface area contributed by atoms with E-state index in [1.165, 1.54) is 16.0 Å². The van der Waals surface area contributed by atoms with Crippen LogP contribution in [0.5, 0.6) is 5.75 Å². The second-order valence-electron chi connectivity index (χ2n) is 5.79. The number of methoxy groups -OCH3 is 1. The average Bonchev–Trinajstić information content (AvgIpc) is 2.53. The highest BCUT2D eigenvalue weighted by atomic mass is 35.5. The molecule has 1 aliphatic heterocycles. The van der Waals surface area contributed by atoms with E-state index in [1.807, 2.05) is 12.1 Å². The molecule has 0 bridgehead atoms. The maximum atomic E-state index is 6.31. The Labute approximate surface area is 147 Å². The highest BCUT2D eigenvalue weighted by molar-refractivity contribution is 7.99. The molecule has 0 atom stereocenters. The van der Waals surface area contributed by atoms with Gasteiger partial charge in [0.25, 0.3) is 0 Å². The molecule has 0 saturated carbocycles. The van der Waals surface area contributed by atoms with Crippen LogP contribution in [0.25, 0.3) is 5.57 Å². The zero-order valence-corrected chi connectivity index (χ0v) is 15.2. The van der Waals surface area contributed by atoms with Gasteiger partial charge >= 0.3 is 0 Å². The van der Waals surface area contributed by atoms with Crippen LogP contribution >= 0.6 is 23.4 Å². The van der Waals surface area contributed by atoms with Gasteiger partial charge in [-0.1, -0.05) is 47.6 Å². The Balaban J connectivity index is 2.13. The summed E-state index contributed by atoms with van der Waals surface area (Å²) in [5.74, 6) is 0.838. The van der Waals surface area contributed by atoms with Crippen molar-refractivity contribution in [2.24, 2.45) is 0 Å². The number of hydrogen-bond acceptors (Lipinski definition) is 3. The fraction of sp³-hybridized carbons (Fsp3) is 0.263. The van der Waals surface area contributed by atoms with Gasteiger partial charge in [0, 0.05) is 22.0 Å². The first-order valence-electron chi connectivity index (χ1n) is 7.60. The van der Waals surface area contributed by atoms with Crippen LogP contribution in [-0.4, -0.2) is 32.6 Å². The lowest BCUT2D eigenvalue weighted by molar-refractivity contribution is 0.404. The lowest BCUT2D eigenvalue weighted by Gasteiger charge is -2.24. The summed E-state index contributed by atoms with van der Waals surface area (Å²) in [6.07, 6.45) is 3.31. The molecule has 0 amide bonds. The van der Waals surface area contributed by atoms with E-state index in [0.29, 0.717) is 5.02 Å². The fourth-order valence-electron chi connectivity index (χ4n) is 2.75. The van der Waals surface area contributed by atoms with Crippen LogP contribution in [-0.2, 0) is 0 Å². The molecule has 0 saturated heterocycles. The number of fused-ring (bicyclic) bond motifs is 2. The third-order valence-electron chi connectivity index (χ3n) is 3.84. The van der Waals surface area contributed by atoms with Crippen molar-refractivity contribution in [2.45, 2.75) is 16.2 Å². The number of ether oxygens (including phenoxy) is 1. The molecular weight excluding hydrogens is 326 g/mol. The van der Waals surface area contributed by atoms with Crippen molar-refractivity contribution in [3.8, 4) is 5.75 Å². The molecule has 1 aliphatic rings. The summed E-state index contributed by atoms with van der Waals surface area (Å²) in [4.78, 5) is 4.60. The highest BCUT2D eigenvalue weighted by Gasteiger charge is 2.24. The van der Waals surface area contributed by atoms with Crippen molar-refractivity contribution in [3.05, 3.63) is 58.6 Å². The molecule has 0 unspecified atom stereocenters. The van der Waals surface area contributed by atoms with Crippen molar-refractivity contribution in [1.82, 2.24) is 4.90 Å². The summed E-state index contributed by atoms with van der Waals surface area (Å²) in [5.41, 5.74) is 3.68. The molecule has 0 fully saturated rings. The molecule has 2 nitrogen and oxygen atoms in total. The van der Waals surface area contributed by atoms with E-state index >= 15 is 0 Å². The average molecular weight is 346 g/mol. The second-order valence-corrected chi connectivity index (χ2v) is 7.28. The van der Waals surface area contributed by atoms with Crippen LogP contribution < -0.4 is 4.74 Å². The van der Waals surface area contributed by atoms with Gasteiger partial charge in [0.1, 0.15) is 5.75 Å². The van der Waals surface area contributed by atoms with E-state index in [2.05, 4.69) is 49.3 Å². The minimum atomic E-state index is 0.707. The molecule has 0 spiro atoms. The maximum absolute atomic E-state index is 6.31. The normalized spacial score (nSPS) is 14.7. The number of halogens is 1. The fourth-order valence-corrected chi connectivity index (χ4v) is 4.13. The smallest absolute Gasteiger partial charge is 0.134 e. The molecule has 4 heteroatoms. The van der Waals surface area contributed by atoms with Crippen molar-refractivity contribution in [2.75, 3.05) is 27.7 Å². The Morgan fingerprint density at radius 1 is 1.17 bits per heavy atom. The number of benzene rings is 2. The van der Waals surface area contributed by atoms with Gasteiger partial charge in [0.2, 0.25) is 0 Å². The Morgan fingerprint density at radius 2 is 1.96 bits per heavy atom. The molecule has 23 heavy (non-hydrogen) atoms. The minimum absolute atomic E-state index is 0.707. The summed E-state index contributed by atoms with van der Waals surface area (Å²) in [6, 6.07) is 12.4. The lowest BCUT2D eigenvalue weighted by atomic mass is 9.95. The van der Waals surface area contributed by atoms with Crippen LogP contribution in [0.1, 0.15) is 17.5 Å². The Bertz CT molecular complexity index is 755. The van der Waals surface area contributed by atoms with Gasteiger partial charge in [-0.25, -0.2) is 0 Å². The molecule has 3 rings (SSSR count). The van der Waals surface area contributed by atoms with Gasteiger partial charge < -0.3 is 9.64 Å². The van der Waals surface area contributed by atoms with E-state index in [4.69, 9.17) is 16.3 Å². The maximum Gasteiger partial charge on any atom is 0.134 e. The summed E-state index contributed by atoms with van der Waals surface area (Å²) in [7, 11) is 5.89. The van der Waals surface area contributed by atoms with E-state index in [-0.39, 0.29) is 0 Å². The van der Waals surface area contributed by atoms with Gasteiger partial charge in [-0.05, 0) is 49.9 Å². The standard InChI is InChI=1S/C19H20ClNOS/c1-21(2)10-6-8-14-15-7-4-5-9-18(15)23-19-16(14)11-13(20)12-17(19)22-3/h4-5,7-9,11-12H,6,10H2,1-3H3/b14-8+. The SMILES string of the molecule is COc1cc(Cl)cc2c1Sc1ccccc1/C2=C\CCN(C)C. The van der Waals surface area contributed by atoms with Crippen molar-refractivity contribution < 1.29 is 4.74 Å². The molecule has 2 aromatic carbocycles. The third-order valence-corrected chi connectivity index (χ3v) is 5.26. The van der Waals surface area contributed by atoms with Crippen molar-refractivity contribution >= 4 is 28.9 Å². The quantitative estimate of drug-likeness (QED) is 0.645. The zero-order chi connectivity index (χ0) is 16.4. The first-order valence-corrected chi connectivity index (χ1v) is 8.79. The minimum Gasteiger partial charge on any atom is -0.495 e. The van der Waals surface area contributed by atoms with E-state index in [9.17, 15) is 0 Å². The van der Waals surface area contributed by atoms with Crippen LogP contribution in [0.4, 0.5) is 0 Å². The Morgan fingerprint density at radius 3 is 2.70 bits per heavy atom. The van der Waals surface area contributed by atoms with Crippen molar-refractivity contribution in [1.29, 1.82) is 0 Å². The van der Waals surface area contributed by atoms with Crippen LogP contribution in [0.2, 0.25) is 5.02 Å². The van der Waals surface area contributed by atoms with E-state index in [0.717, 1.165) is 29.2 Å². The molecule has 0 aliphatic carbocycles. The van der Waals surface area contributed by atoms with Crippen LogP contribution in [0.15, 0.2) is 52.3 Å². The second kappa shape index (κ2) is 7.00. The zero-order valence-electron chi connectivity index (χ0n) is 13.6. The Kier molecular flexibility index (Phi) is 5.00.